The third-order valence-electron chi connectivity index (χ3n) is 3.48. The van der Waals surface area contributed by atoms with Gasteiger partial charge in [0.2, 0.25) is 0 Å². The molecule has 0 radical (unpaired) electrons. The maximum atomic E-state index is 13.6. The zero-order valence-corrected chi connectivity index (χ0v) is 12.7. The molecule has 0 aliphatic carbocycles. The standard InChI is InChI=1S/C17H13BrFNO/c18-14-6-5-12(9-15(14)19)17(21)10-11-7-8-20-16-4-2-1-3-13(11)16/h1-9,17,21H,10H2. The molecule has 3 rings (SSSR count). The fourth-order valence-electron chi connectivity index (χ4n) is 2.38. The van der Waals surface area contributed by atoms with Crippen LogP contribution in [0.4, 0.5) is 4.39 Å². The van der Waals surface area contributed by atoms with Gasteiger partial charge in [-0.25, -0.2) is 4.39 Å². The number of nitrogens with zero attached hydrogens (tertiary/aromatic N) is 1. The summed E-state index contributed by atoms with van der Waals surface area (Å²) in [6, 6.07) is 14.4. The van der Waals surface area contributed by atoms with E-state index >= 15 is 0 Å². The van der Waals surface area contributed by atoms with Crippen LogP contribution in [-0.4, -0.2) is 10.1 Å². The molecule has 0 saturated heterocycles. The van der Waals surface area contributed by atoms with Gasteiger partial charge in [-0.3, -0.25) is 4.98 Å². The predicted octanol–water partition coefficient (Wildman–Crippen LogP) is 4.41. The highest BCUT2D eigenvalue weighted by Gasteiger charge is 2.12. The van der Waals surface area contributed by atoms with E-state index in [9.17, 15) is 9.50 Å². The van der Waals surface area contributed by atoms with E-state index in [4.69, 9.17) is 0 Å². The van der Waals surface area contributed by atoms with Crippen LogP contribution in [0.2, 0.25) is 0 Å². The van der Waals surface area contributed by atoms with Crippen LogP contribution in [0.3, 0.4) is 0 Å². The molecule has 1 atom stereocenters. The van der Waals surface area contributed by atoms with Gasteiger partial charge in [0.15, 0.2) is 0 Å². The van der Waals surface area contributed by atoms with Crippen LogP contribution in [-0.2, 0) is 6.42 Å². The Hall–Kier alpha value is -1.78. The minimum absolute atomic E-state index is 0.369. The predicted molar refractivity (Wildman–Crippen MR) is 84.5 cm³/mol. The molecule has 2 nitrogen and oxygen atoms in total. The first kappa shape index (κ1) is 14.2. The number of hydrogen-bond acceptors (Lipinski definition) is 2. The Balaban J connectivity index is 1.92. The molecule has 0 spiro atoms. The van der Waals surface area contributed by atoms with Gasteiger partial charge in [0, 0.05) is 18.0 Å². The second-order valence-electron chi connectivity index (χ2n) is 4.88. The lowest BCUT2D eigenvalue weighted by Crippen LogP contribution is -2.03. The number of hydrogen-bond donors (Lipinski definition) is 1. The molecule has 0 aliphatic rings. The third kappa shape index (κ3) is 2.96. The normalized spacial score (nSPS) is 12.5. The third-order valence-corrected chi connectivity index (χ3v) is 4.12. The van der Waals surface area contributed by atoms with Gasteiger partial charge >= 0.3 is 0 Å². The van der Waals surface area contributed by atoms with E-state index in [-0.39, 0.29) is 5.82 Å². The van der Waals surface area contributed by atoms with Gasteiger partial charge in [-0.15, -0.1) is 0 Å². The molecule has 0 bridgehead atoms. The van der Waals surface area contributed by atoms with Crippen LogP contribution in [0.25, 0.3) is 10.9 Å². The number of benzene rings is 2. The van der Waals surface area contributed by atoms with Crippen molar-refractivity contribution < 1.29 is 9.50 Å². The van der Waals surface area contributed by atoms with Gasteiger partial charge < -0.3 is 5.11 Å². The summed E-state index contributed by atoms with van der Waals surface area (Å²) in [7, 11) is 0. The Bertz CT molecular complexity index is 785. The highest BCUT2D eigenvalue weighted by molar-refractivity contribution is 9.10. The Morgan fingerprint density at radius 2 is 1.95 bits per heavy atom. The number of para-hydroxylation sites is 1. The molecular formula is C17H13BrFNO. The summed E-state index contributed by atoms with van der Waals surface area (Å²) in [5, 5.41) is 11.4. The van der Waals surface area contributed by atoms with Crippen molar-refractivity contribution in [3.05, 3.63) is 76.1 Å². The maximum absolute atomic E-state index is 13.6. The number of rotatable bonds is 3. The largest absolute Gasteiger partial charge is 0.388 e. The van der Waals surface area contributed by atoms with Crippen LogP contribution in [0.1, 0.15) is 17.2 Å². The summed E-state index contributed by atoms with van der Waals surface area (Å²) in [5.74, 6) is -0.369. The molecule has 21 heavy (non-hydrogen) atoms. The fourth-order valence-corrected chi connectivity index (χ4v) is 2.63. The van der Waals surface area contributed by atoms with Crippen molar-refractivity contribution in [1.82, 2.24) is 4.98 Å². The fraction of sp³-hybridized carbons (Fsp3) is 0.118. The van der Waals surface area contributed by atoms with Gasteiger partial charge in [-0.2, -0.15) is 0 Å². The lowest BCUT2D eigenvalue weighted by molar-refractivity contribution is 0.178. The Morgan fingerprint density at radius 1 is 1.14 bits per heavy atom. The minimum atomic E-state index is -0.751. The van der Waals surface area contributed by atoms with E-state index < -0.39 is 6.10 Å². The van der Waals surface area contributed by atoms with E-state index in [1.54, 1.807) is 18.3 Å². The van der Waals surface area contributed by atoms with Crippen LogP contribution < -0.4 is 0 Å². The summed E-state index contributed by atoms with van der Waals surface area (Å²) in [6.45, 7) is 0. The van der Waals surface area contributed by atoms with E-state index in [2.05, 4.69) is 20.9 Å². The van der Waals surface area contributed by atoms with Crippen molar-refractivity contribution in [1.29, 1.82) is 0 Å². The molecule has 106 valence electrons. The molecule has 0 amide bonds. The molecule has 0 saturated carbocycles. The zero-order chi connectivity index (χ0) is 14.8. The van der Waals surface area contributed by atoms with Crippen molar-refractivity contribution in [3.8, 4) is 0 Å². The van der Waals surface area contributed by atoms with Crippen molar-refractivity contribution >= 4 is 26.8 Å². The van der Waals surface area contributed by atoms with Gasteiger partial charge in [-0.05, 0) is 51.3 Å². The number of aromatic nitrogens is 1. The van der Waals surface area contributed by atoms with Crippen LogP contribution >= 0.6 is 15.9 Å². The highest BCUT2D eigenvalue weighted by atomic mass is 79.9. The number of aliphatic hydroxyl groups is 1. The zero-order valence-electron chi connectivity index (χ0n) is 11.1. The Kier molecular flexibility index (Phi) is 3.99. The molecule has 1 aromatic heterocycles. The van der Waals surface area contributed by atoms with Crippen LogP contribution in [0.5, 0.6) is 0 Å². The number of pyridine rings is 1. The molecule has 0 aliphatic heterocycles. The monoisotopic (exact) mass is 345 g/mol. The number of aliphatic hydroxyl groups excluding tert-OH is 1. The average Bonchev–Trinajstić information content (AvgIpc) is 2.50. The summed E-state index contributed by atoms with van der Waals surface area (Å²) in [4.78, 5) is 4.30. The lowest BCUT2D eigenvalue weighted by Gasteiger charge is -2.13. The summed E-state index contributed by atoms with van der Waals surface area (Å²) < 4.78 is 14.0. The van der Waals surface area contributed by atoms with Crippen molar-refractivity contribution in [2.45, 2.75) is 12.5 Å². The molecule has 1 unspecified atom stereocenters. The van der Waals surface area contributed by atoms with Crippen molar-refractivity contribution in [2.75, 3.05) is 0 Å². The second-order valence-corrected chi connectivity index (χ2v) is 5.74. The Morgan fingerprint density at radius 3 is 2.76 bits per heavy atom. The lowest BCUT2D eigenvalue weighted by atomic mass is 9.99. The summed E-state index contributed by atoms with van der Waals surface area (Å²) in [5.41, 5.74) is 2.46. The van der Waals surface area contributed by atoms with Gasteiger partial charge in [0.05, 0.1) is 16.1 Å². The maximum Gasteiger partial charge on any atom is 0.137 e. The smallest absolute Gasteiger partial charge is 0.137 e. The molecule has 1 heterocycles. The molecular weight excluding hydrogens is 333 g/mol. The van der Waals surface area contributed by atoms with Crippen molar-refractivity contribution in [2.24, 2.45) is 0 Å². The van der Waals surface area contributed by atoms with Gasteiger partial charge in [0.25, 0.3) is 0 Å². The quantitative estimate of drug-likeness (QED) is 0.762. The van der Waals surface area contributed by atoms with E-state index in [0.29, 0.717) is 16.5 Å². The summed E-state index contributed by atoms with van der Waals surface area (Å²) in [6.07, 6.45) is 1.40. The number of halogens is 2. The van der Waals surface area contributed by atoms with E-state index in [0.717, 1.165) is 16.5 Å². The van der Waals surface area contributed by atoms with Gasteiger partial charge in [0.1, 0.15) is 5.82 Å². The average molecular weight is 346 g/mol. The molecule has 1 N–H and O–H groups in total. The molecule has 3 aromatic rings. The van der Waals surface area contributed by atoms with Crippen molar-refractivity contribution in [3.63, 3.8) is 0 Å². The number of fused-ring (bicyclic) bond motifs is 1. The van der Waals surface area contributed by atoms with Crippen LogP contribution in [0, 0.1) is 5.82 Å². The minimum Gasteiger partial charge on any atom is -0.388 e. The van der Waals surface area contributed by atoms with E-state index in [1.165, 1.54) is 6.07 Å². The molecule has 4 heteroatoms. The first-order valence-electron chi connectivity index (χ1n) is 6.61. The topological polar surface area (TPSA) is 33.1 Å². The Labute approximate surface area is 130 Å². The first-order valence-corrected chi connectivity index (χ1v) is 7.40. The summed E-state index contributed by atoms with van der Waals surface area (Å²) >= 11 is 3.11. The first-order chi connectivity index (χ1) is 10.1. The second kappa shape index (κ2) is 5.92. The molecule has 0 fully saturated rings. The van der Waals surface area contributed by atoms with Crippen LogP contribution in [0.15, 0.2) is 59.2 Å². The van der Waals surface area contributed by atoms with E-state index in [1.807, 2.05) is 30.3 Å². The SMILES string of the molecule is OC(Cc1ccnc2ccccc12)c1ccc(Br)c(F)c1. The van der Waals surface area contributed by atoms with Gasteiger partial charge in [-0.1, -0.05) is 24.3 Å². The molecule has 2 aromatic carbocycles. The highest BCUT2D eigenvalue weighted by Crippen LogP contribution is 2.25.